The summed E-state index contributed by atoms with van der Waals surface area (Å²) in [5, 5.41) is 14.9. The molecule has 0 saturated heterocycles. The first-order valence-corrected chi connectivity index (χ1v) is 4.17. The predicted molar refractivity (Wildman–Crippen MR) is 51.4 cm³/mol. The molecule has 0 aromatic carbocycles. The van der Waals surface area contributed by atoms with Crippen LogP contribution in [0.4, 0.5) is 0 Å². The molecule has 0 unspecified atom stereocenters. The molecule has 14 heavy (non-hydrogen) atoms. The van der Waals surface area contributed by atoms with Crippen molar-refractivity contribution in [3.63, 3.8) is 0 Å². The first-order chi connectivity index (χ1) is 6.59. The molecular formula is C9H10N4O. The second kappa shape index (κ2) is 2.80. The topological polar surface area (TPSA) is 88.8 Å². The number of amidine groups is 1. The molecular weight excluding hydrogens is 180 g/mol. The number of rotatable bonds is 1. The Kier molecular flexibility index (Phi) is 1.73. The lowest BCUT2D eigenvalue weighted by Gasteiger charge is -2.03. The van der Waals surface area contributed by atoms with Crippen molar-refractivity contribution in [2.24, 2.45) is 5.73 Å². The number of nitrogen functional groups attached to an aromatic ring is 1. The van der Waals surface area contributed by atoms with Crippen LogP contribution in [0.2, 0.25) is 0 Å². The van der Waals surface area contributed by atoms with Crippen molar-refractivity contribution in [1.82, 2.24) is 10.2 Å². The molecule has 0 bridgehead atoms. The SMILES string of the molecule is Cc1cc2nnc(C(=N)N)c-2oc1C. The van der Waals surface area contributed by atoms with Gasteiger partial charge in [0.15, 0.2) is 11.5 Å². The third kappa shape index (κ3) is 1.14. The molecule has 0 aliphatic carbocycles. The standard InChI is InChI=1S/C9H10N4O/c1-4-3-6-8(14-5(4)2)7(9(10)11)13-12-6/h3H,1-2H3,(H3,10,11). The molecule has 0 spiro atoms. The Morgan fingerprint density at radius 3 is 2.79 bits per heavy atom. The van der Waals surface area contributed by atoms with E-state index in [4.69, 9.17) is 15.6 Å². The number of nitrogens with zero attached hydrogens (tertiary/aromatic N) is 2. The monoisotopic (exact) mass is 190 g/mol. The van der Waals surface area contributed by atoms with Crippen LogP contribution in [-0.2, 0) is 0 Å². The zero-order valence-corrected chi connectivity index (χ0v) is 7.96. The second-order valence-corrected chi connectivity index (χ2v) is 3.16. The van der Waals surface area contributed by atoms with Crippen LogP contribution in [0.1, 0.15) is 17.0 Å². The average Bonchev–Trinajstić information content (AvgIpc) is 2.48. The molecule has 0 radical (unpaired) electrons. The Bertz CT molecular complexity index is 474. The molecule has 2 rings (SSSR count). The molecule has 2 heterocycles. The Morgan fingerprint density at radius 2 is 2.14 bits per heavy atom. The lowest BCUT2D eigenvalue weighted by molar-refractivity contribution is 0.524. The van der Waals surface area contributed by atoms with E-state index in [0.717, 1.165) is 11.3 Å². The summed E-state index contributed by atoms with van der Waals surface area (Å²) in [6.45, 7) is 3.78. The average molecular weight is 190 g/mol. The van der Waals surface area contributed by atoms with Gasteiger partial charge in [0, 0.05) is 0 Å². The van der Waals surface area contributed by atoms with Gasteiger partial charge in [0.1, 0.15) is 17.3 Å². The first-order valence-electron chi connectivity index (χ1n) is 4.17. The van der Waals surface area contributed by atoms with Crippen LogP contribution in [0.3, 0.4) is 0 Å². The van der Waals surface area contributed by atoms with Gasteiger partial charge in [-0.25, -0.2) is 0 Å². The molecule has 0 atom stereocenters. The lowest BCUT2D eigenvalue weighted by Crippen LogP contribution is -2.12. The number of hydrogen-bond donors (Lipinski definition) is 2. The summed E-state index contributed by atoms with van der Waals surface area (Å²) in [6, 6.07) is 1.87. The summed E-state index contributed by atoms with van der Waals surface area (Å²) in [7, 11) is 0. The highest BCUT2D eigenvalue weighted by molar-refractivity contribution is 5.98. The molecule has 0 amide bonds. The van der Waals surface area contributed by atoms with Crippen LogP contribution in [0, 0.1) is 19.3 Å². The summed E-state index contributed by atoms with van der Waals surface area (Å²) < 4.78 is 5.48. The van der Waals surface area contributed by atoms with Gasteiger partial charge in [0.25, 0.3) is 0 Å². The van der Waals surface area contributed by atoms with Crippen molar-refractivity contribution in [2.45, 2.75) is 13.8 Å². The maximum atomic E-state index is 7.27. The van der Waals surface area contributed by atoms with Crippen molar-refractivity contribution < 1.29 is 4.42 Å². The fourth-order valence-electron chi connectivity index (χ4n) is 1.23. The number of hydrogen-bond acceptors (Lipinski definition) is 4. The zero-order valence-electron chi connectivity index (χ0n) is 7.96. The van der Waals surface area contributed by atoms with E-state index in [1.54, 1.807) is 0 Å². The molecule has 0 aromatic heterocycles. The second-order valence-electron chi connectivity index (χ2n) is 3.16. The molecule has 0 fully saturated rings. The van der Waals surface area contributed by atoms with E-state index < -0.39 is 0 Å². The largest absolute Gasteiger partial charge is 0.457 e. The fourth-order valence-corrected chi connectivity index (χ4v) is 1.23. The van der Waals surface area contributed by atoms with Crippen LogP contribution in [0.5, 0.6) is 0 Å². The molecule has 72 valence electrons. The van der Waals surface area contributed by atoms with Gasteiger partial charge in [-0.3, -0.25) is 5.41 Å². The summed E-state index contributed by atoms with van der Waals surface area (Å²) in [4.78, 5) is 0. The van der Waals surface area contributed by atoms with E-state index in [1.165, 1.54) is 0 Å². The summed E-state index contributed by atoms with van der Waals surface area (Å²) in [6.07, 6.45) is 0. The number of nitrogens with one attached hydrogen (secondary N) is 1. The highest BCUT2D eigenvalue weighted by atomic mass is 16.3. The molecule has 0 aromatic rings. The minimum Gasteiger partial charge on any atom is -0.457 e. The van der Waals surface area contributed by atoms with Crippen molar-refractivity contribution in [3.05, 3.63) is 23.1 Å². The molecule has 3 N–H and O–H groups in total. The minimum atomic E-state index is -0.125. The molecule has 5 heteroatoms. The van der Waals surface area contributed by atoms with Gasteiger partial charge in [-0.2, -0.15) is 0 Å². The quantitative estimate of drug-likeness (QED) is 0.520. The van der Waals surface area contributed by atoms with E-state index in [0.29, 0.717) is 17.1 Å². The Balaban J connectivity index is 2.72. The number of nitrogens with two attached hydrogens (primary N) is 1. The molecule has 0 saturated carbocycles. The third-order valence-electron chi connectivity index (χ3n) is 2.12. The van der Waals surface area contributed by atoms with Crippen LogP contribution in [0.25, 0.3) is 11.5 Å². The molecule has 5 nitrogen and oxygen atoms in total. The van der Waals surface area contributed by atoms with Crippen molar-refractivity contribution in [3.8, 4) is 11.5 Å². The summed E-state index contributed by atoms with van der Waals surface area (Å²) in [5.74, 6) is 1.15. The number of aromatic nitrogens is 2. The smallest absolute Gasteiger partial charge is 0.185 e. The third-order valence-corrected chi connectivity index (χ3v) is 2.12. The highest BCUT2D eigenvalue weighted by Gasteiger charge is 2.19. The van der Waals surface area contributed by atoms with Crippen LogP contribution in [-0.4, -0.2) is 16.0 Å². The summed E-state index contributed by atoms with van der Waals surface area (Å²) >= 11 is 0. The van der Waals surface area contributed by atoms with Crippen molar-refractivity contribution in [1.29, 1.82) is 5.41 Å². The maximum Gasteiger partial charge on any atom is 0.185 e. The zero-order chi connectivity index (χ0) is 10.3. The van der Waals surface area contributed by atoms with E-state index in [9.17, 15) is 0 Å². The van der Waals surface area contributed by atoms with Gasteiger partial charge >= 0.3 is 0 Å². The van der Waals surface area contributed by atoms with Crippen LogP contribution < -0.4 is 5.73 Å². The maximum absolute atomic E-state index is 7.27. The first kappa shape index (κ1) is 8.68. The van der Waals surface area contributed by atoms with E-state index in [2.05, 4.69) is 10.2 Å². The van der Waals surface area contributed by atoms with Gasteiger partial charge in [0.05, 0.1) is 0 Å². The normalized spacial score (nSPS) is 10.7. The number of aryl methyl sites for hydroxylation is 2. The van der Waals surface area contributed by atoms with Gasteiger partial charge in [-0.05, 0) is 25.5 Å². The van der Waals surface area contributed by atoms with Crippen molar-refractivity contribution in [2.75, 3.05) is 0 Å². The fraction of sp³-hybridized carbons (Fsp3) is 0.222. The van der Waals surface area contributed by atoms with Crippen LogP contribution >= 0.6 is 0 Å². The number of fused-ring (bicyclic) bond motifs is 1. The van der Waals surface area contributed by atoms with Crippen LogP contribution in [0.15, 0.2) is 10.5 Å². The minimum absolute atomic E-state index is 0.125. The lowest BCUT2D eigenvalue weighted by atomic mass is 10.2. The van der Waals surface area contributed by atoms with Gasteiger partial charge in [-0.1, -0.05) is 0 Å². The van der Waals surface area contributed by atoms with E-state index >= 15 is 0 Å². The van der Waals surface area contributed by atoms with Gasteiger partial charge < -0.3 is 10.2 Å². The Hall–Kier alpha value is -1.91. The Morgan fingerprint density at radius 1 is 1.43 bits per heavy atom. The van der Waals surface area contributed by atoms with E-state index in [-0.39, 0.29) is 5.84 Å². The van der Waals surface area contributed by atoms with Gasteiger partial charge in [0.2, 0.25) is 0 Å². The van der Waals surface area contributed by atoms with Gasteiger partial charge in [-0.15, -0.1) is 10.2 Å². The predicted octanol–water partition coefficient (Wildman–Crippen LogP) is 1.08. The van der Waals surface area contributed by atoms with Crippen molar-refractivity contribution >= 4 is 5.84 Å². The Labute approximate surface area is 80.8 Å². The molecule has 2 aliphatic heterocycles. The van der Waals surface area contributed by atoms with E-state index in [1.807, 2.05) is 19.9 Å². The highest BCUT2D eigenvalue weighted by Crippen LogP contribution is 2.26. The molecule has 2 aliphatic rings. The summed E-state index contributed by atoms with van der Waals surface area (Å²) in [5.41, 5.74) is 7.29.